The third-order valence-corrected chi connectivity index (χ3v) is 3.69. The summed E-state index contributed by atoms with van der Waals surface area (Å²) in [6.45, 7) is 1.68. The van der Waals surface area contributed by atoms with Crippen LogP contribution in [0.5, 0.6) is 0 Å². The Morgan fingerprint density at radius 3 is 2.19 bits per heavy atom. The molecule has 1 aliphatic heterocycles. The number of nitrogens with zero attached hydrogens (tertiary/aromatic N) is 1. The van der Waals surface area contributed by atoms with Gasteiger partial charge in [0.25, 0.3) is 0 Å². The Morgan fingerprint density at radius 1 is 1.14 bits per heavy atom. The van der Waals surface area contributed by atoms with Gasteiger partial charge in [0.15, 0.2) is 0 Å². The van der Waals surface area contributed by atoms with Crippen molar-refractivity contribution in [2.24, 2.45) is 0 Å². The highest BCUT2D eigenvalue weighted by atomic mass is 79.9. The predicted octanol–water partition coefficient (Wildman–Crippen LogP) is 3.94. The molecular weight excluding hydrogens is 399 g/mol. The maximum absolute atomic E-state index is 13.3. The van der Waals surface area contributed by atoms with E-state index in [2.05, 4.69) is 21.2 Å². The van der Waals surface area contributed by atoms with Crippen molar-refractivity contribution in [2.75, 3.05) is 26.2 Å². The third kappa shape index (κ3) is 5.25. The zero-order valence-corrected chi connectivity index (χ0v) is 14.0. The predicted molar refractivity (Wildman–Crippen MR) is 81.8 cm³/mol. The van der Waals surface area contributed by atoms with Crippen LogP contribution in [-0.2, 0) is 0 Å². The second-order valence-corrected chi connectivity index (χ2v) is 5.26. The molecule has 2 rings (SSSR count). The first-order chi connectivity index (χ1) is 8.89. The summed E-state index contributed by atoms with van der Waals surface area (Å²) in [5.74, 6) is -0.565. The average Bonchev–Trinajstić information content (AvgIpc) is 2.34. The summed E-state index contributed by atoms with van der Waals surface area (Å²) in [5, 5.41) is 3.01. The molecule has 1 atom stereocenters. The van der Waals surface area contributed by atoms with E-state index >= 15 is 0 Å². The van der Waals surface area contributed by atoms with Gasteiger partial charge in [0.2, 0.25) is 0 Å². The lowest BCUT2D eigenvalue weighted by atomic mass is 10.0. The number of alkyl halides is 3. The minimum absolute atomic E-state index is 0. The molecule has 0 bridgehead atoms. The van der Waals surface area contributed by atoms with Crippen LogP contribution >= 0.6 is 40.7 Å². The summed E-state index contributed by atoms with van der Waals surface area (Å²) in [4.78, 5) is 1.37. The highest BCUT2D eigenvalue weighted by Gasteiger charge is 2.44. The SMILES string of the molecule is Cl.Cl.Fc1ccc([C@@H](N2CCNCC2)C(F)(F)F)cc1Br. The topological polar surface area (TPSA) is 15.3 Å². The normalized spacial score (nSPS) is 17.6. The molecule has 21 heavy (non-hydrogen) atoms. The van der Waals surface area contributed by atoms with E-state index in [1.807, 2.05) is 0 Å². The van der Waals surface area contributed by atoms with Gasteiger partial charge in [-0.05, 0) is 33.6 Å². The van der Waals surface area contributed by atoms with E-state index in [0.717, 1.165) is 6.07 Å². The molecule has 1 heterocycles. The van der Waals surface area contributed by atoms with Gasteiger partial charge in [-0.1, -0.05) is 6.07 Å². The molecule has 1 aliphatic rings. The molecule has 0 spiro atoms. The first kappa shape index (κ1) is 20.9. The molecule has 0 unspecified atom stereocenters. The molecule has 0 radical (unpaired) electrons. The fraction of sp³-hybridized carbons (Fsp3) is 0.500. The first-order valence-electron chi connectivity index (χ1n) is 5.86. The summed E-state index contributed by atoms with van der Waals surface area (Å²) < 4.78 is 53.0. The molecule has 9 heteroatoms. The molecule has 1 saturated heterocycles. The average molecular weight is 414 g/mol. The van der Waals surface area contributed by atoms with Crippen LogP contribution in [-0.4, -0.2) is 37.3 Å². The van der Waals surface area contributed by atoms with Gasteiger partial charge in [-0.3, -0.25) is 4.90 Å². The van der Waals surface area contributed by atoms with Gasteiger partial charge in [0.05, 0.1) is 4.47 Å². The van der Waals surface area contributed by atoms with Gasteiger partial charge in [-0.25, -0.2) is 4.39 Å². The number of rotatable bonds is 2. The molecule has 2 nitrogen and oxygen atoms in total. The third-order valence-electron chi connectivity index (χ3n) is 3.09. The van der Waals surface area contributed by atoms with Crippen LogP contribution in [0.15, 0.2) is 22.7 Å². The first-order valence-corrected chi connectivity index (χ1v) is 6.65. The summed E-state index contributed by atoms with van der Waals surface area (Å²) in [6.07, 6.45) is -4.38. The van der Waals surface area contributed by atoms with E-state index in [9.17, 15) is 17.6 Å². The summed E-state index contributed by atoms with van der Waals surface area (Å²) in [5.41, 5.74) is 0.0580. The number of nitrogens with one attached hydrogen (secondary N) is 1. The quantitative estimate of drug-likeness (QED) is 0.738. The fourth-order valence-electron chi connectivity index (χ4n) is 2.23. The number of hydrogen-bond acceptors (Lipinski definition) is 2. The Kier molecular flexibility index (Phi) is 8.49. The van der Waals surface area contributed by atoms with E-state index in [1.54, 1.807) is 0 Å². The van der Waals surface area contributed by atoms with Crippen LogP contribution in [0.4, 0.5) is 17.6 Å². The summed E-state index contributed by atoms with van der Waals surface area (Å²) in [6, 6.07) is 1.77. The molecule has 0 aromatic heterocycles. The molecule has 122 valence electrons. The molecule has 0 saturated carbocycles. The Hall–Kier alpha value is -0.0800. The Balaban J connectivity index is 0.00000200. The number of hydrogen-bond donors (Lipinski definition) is 1. The molecule has 1 N–H and O–H groups in total. The lowest BCUT2D eigenvalue weighted by Crippen LogP contribution is -2.49. The number of halogens is 7. The molecule has 0 aliphatic carbocycles. The van der Waals surface area contributed by atoms with Gasteiger partial charge in [0, 0.05) is 26.2 Å². The van der Waals surface area contributed by atoms with Gasteiger partial charge < -0.3 is 5.32 Å². The largest absolute Gasteiger partial charge is 0.408 e. The Bertz CT molecular complexity index is 453. The minimum atomic E-state index is -4.38. The Labute approximate surface area is 141 Å². The van der Waals surface area contributed by atoms with E-state index in [-0.39, 0.29) is 34.9 Å². The monoisotopic (exact) mass is 412 g/mol. The second kappa shape index (κ2) is 8.53. The standard InChI is InChI=1S/C12H13BrF4N2.2ClH/c13-9-7-8(1-2-10(9)14)11(12(15,16)17)19-5-3-18-4-6-19;;/h1-2,7,11,18H,3-6H2;2*1H/t11-;;/m1../s1. The van der Waals surface area contributed by atoms with Gasteiger partial charge in [-0.2, -0.15) is 13.2 Å². The summed E-state index contributed by atoms with van der Waals surface area (Å²) in [7, 11) is 0. The summed E-state index contributed by atoms with van der Waals surface area (Å²) >= 11 is 2.93. The van der Waals surface area contributed by atoms with Crippen molar-refractivity contribution < 1.29 is 17.6 Å². The van der Waals surface area contributed by atoms with Crippen LogP contribution in [0.25, 0.3) is 0 Å². The van der Waals surface area contributed by atoms with Crippen LogP contribution in [0.1, 0.15) is 11.6 Å². The zero-order valence-electron chi connectivity index (χ0n) is 10.8. The zero-order chi connectivity index (χ0) is 14.0. The highest BCUT2D eigenvalue weighted by molar-refractivity contribution is 9.10. The minimum Gasteiger partial charge on any atom is -0.314 e. The molecule has 1 fully saturated rings. The fourth-order valence-corrected chi connectivity index (χ4v) is 2.63. The van der Waals surface area contributed by atoms with Crippen LogP contribution < -0.4 is 5.32 Å². The molecule has 1 aromatic carbocycles. The van der Waals surface area contributed by atoms with E-state index in [4.69, 9.17) is 0 Å². The van der Waals surface area contributed by atoms with Crippen LogP contribution in [0.3, 0.4) is 0 Å². The van der Waals surface area contributed by atoms with Crippen molar-refractivity contribution in [1.29, 1.82) is 0 Å². The smallest absolute Gasteiger partial charge is 0.314 e. The lowest BCUT2D eigenvalue weighted by Gasteiger charge is -2.36. The lowest BCUT2D eigenvalue weighted by molar-refractivity contribution is -0.187. The maximum Gasteiger partial charge on any atom is 0.408 e. The van der Waals surface area contributed by atoms with E-state index in [0.29, 0.717) is 26.2 Å². The van der Waals surface area contributed by atoms with Crippen molar-refractivity contribution in [3.8, 4) is 0 Å². The second-order valence-electron chi connectivity index (χ2n) is 4.40. The number of benzene rings is 1. The van der Waals surface area contributed by atoms with Gasteiger partial charge in [-0.15, -0.1) is 24.8 Å². The maximum atomic E-state index is 13.3. The highest BCUT2D eigenvalue weighted by Crippen LogP contribution is 2.38. The van der Waals surface area contributed by atoms with Crippen molar-refractivity contribution in [2.45, 2.75) is 12.2 Å². The molecular formula is C12H15BrCl2F4N2. The van der Waals surface area contributed by atoms with Crippen molar-refractivity contribution in [3.05, 3.63) is 34.1 Å². The van der Waals surface area contributed by atoms with E-state index < -0.39 is 18.0 Å². The van der Waals surface area contributed by atoms with Crippen LogP contribution in [0, 0.1) is 5.82 Å². The Morgan fingerprint density at radius 2 is 1.71 bits per heavy atom. The van der Waals surface area contributed by atoms with Gasteiger partial charge >= 0.3 is 6.18 Å². The number of piperazine rings is 1. The van der Waals surface area contributed by atoms with E-state index in [1.165, 1.54) is 17.0 Å². The van der Waals surface area contributed by atoms with Gasteiger partial charge in [0.1, 0.15) is 11.9 Å². The van der Waals surface area contributed by atoms with Crippen molar-refractivity contribution in [3.63, 3.8) is 0 Å². The van der Waals surface area contributed by atoms with Crippen molar-refractivity contribution in [1.82, 2.24) is 10.2 Å². The molecule has 0 amide bonds. The van der Waals surface area contributed by atoms with Crippen molar-refractivity contribution >= 4 is 40.7 Å². The van der Waals surface area contributed by atoms with Crippen LogP contribution in [0.2, 0.25) is 0 Å². The molecule has 1 aromatic rings.